The molecule has 1 aliphatic heterocycles. The van der Waals surface area contributed by atoms with Crippen LogP contribution in [0.2, 0.25) is 0 Å². The molecule has 2 unspecified atom stereocenters. The summed E-state index contributed by atoms with van der Waals surface area (Å²) in [5.41, 5.74) is 1.14. The summed E-state index contributed by atoms with van der Waals surface area (Å²) in [5, 5.41) is 6.84. The Morgan fingerprint density at radius 2 is 2.33 bits per heavy atom. The van der Waals surface area contributed by atoms with Gasteiger partial charge in [0, 0.05) is 13.0 Å². The van der Waals surface area contributed by atoms with Crippen LogP contribution in [0.25, 0.3) is 0 Å². The summed E-state index contributed by atoms with van der Waals surface area (Å²) in [5.74, 6) is -0.00253. The van der Waals surface area contributed by atoms with E-state index in [1.54, 1.807) is 11.3 Å². The molecule has 98 valence electrons. The van der Waals surface area contributed by atoms with Crippen molar-refractivity contribution in [3.05, 3.63) is 22.4 Å². The second-order valence-corrected chi connectivity index (χ2v) is 5.32. The Morgan fingerprint density at radius 3 is 2.94 bits per heavy atom. The van der Waals surface area contributed by atoms with E-state index in [0.29, 0.717) is 19.4 Å². The molecule has 4 nitrogen and oxygen atoms in total. The van der Waals surface area contributed by atoms with E-state index in [9.17, 15) is 9.59 Å². The highest BCUT2D eigenvalue weighted by Gasteiger charge is 2.31. The standard InChI is InChI=1S/C13H18N2O2S/c1-3-11-13(17)15(6-4-12(16)14-11)9(2)10-5-7-18-8-10/h5,7-9,11H,3-4,6H2,1-2H3,(H,14,16). The topological polar surface area (TPSA) is 49.4 Å². The molecule has 0 aromatic carbocycles. The van der Waals surface area contributed by atoms with Crippen LogP contribution in [0.15, 0.2) is 16.8 Å². The van der Waals surface area contributed by atoms with Crippen LogP contribution in [-0.2, 0) is 9.59 Å². The zero-order chi connectivity index (χ0) is 13.1. The molecule has 0 spiro atoms. The average Bonchev–Trinajstić information content (AvgIpc) is 2.84. The van der Waals surface area contributed by atoms with Crippen molar-refractivity contribution in [1.82, 2.24) is 10.2 Å². The van der Waals surface area contributed by atoms with Crippen LogP contribution < -0.4 is 5.32 Å². The van der Waals surface area contributed by atoms with E-state index in [1.807, 2.05) is 30.2 Å². The van der Waals surface area contributed by atoms with E-state index in [4.69, 9.17) is 0 Å². The van der Waals surface area contributed by atoms with Crippen molar-refractivity contribution < 1.29 is 9.59 Å². The molecule has 0 aliphatic carbocycles. The highest BCUT2D eigenvalue weighted by atomic mass is 32.1. The predicted octanol–water partition coefficient (Wildman–Crippen LogP) is 1.94. The van der Waals surface area contributed by atoms with Gasteiger partial charge in [0.25, 0.3) is 0 Å². The SMILES string of the molecule is CCC1NC(=O)CCN(C(C)c2ccsc2)C1=O. The summed E-state index contributed by atoms with van der Waals surface area (Å²) in [6.07, 6.45) is 1.02. The van der Waals surface area contributed by atoms with Crippen molar-refractivity contribution in [3.8, 4) is 0 Å². The monoisotopic (exact) mass is 266 g/mol. The molecule has 1 N–H and O–H groups in total. The first-order valence-electron chi connectivity index (χ1n) is 6.25. The maximum atomic E-state index is 12.4. The van der Waals surface area contributed by atoms with Gasteiger partial charge in [-0.1, -0.05) is 6.92 Å². The number of thiophene rings is 1. The first-order valence-corrected chi connectivity index (χ1v) is 7.19. The third-order valence-electron chi connectivity index (χ3n) is 3.40. The minimum Gasteiger partial charge on any atom is -0.344 e. The van der Waals surface area contributed by atoms with Crippen molar-refractivity contribution in [3.63, 3.8) is 0 Å². The zero-order valence-corrected chi connectivity index (χ0v) is 11.5. The number of hydrogen-bond acceptors (Lipinski definition) is 3. The van der Waals surface area contributed by atoms with E-state index >= 15 is 0 Å². The fraction of sp³-hybridized carbons (Fsp3) is 0.538. The average molecular weight is 266 g/mol. The van der Waals surface area contributed by atoms with Crippen molar-refractivity contribution >= 4 is 23.2 Å². The zero-order valence-electron chi connectivity index (χ0n) is 10.7. The molecule has 0 bridgehead atoms. The molecule has 0 radical (unpaired) electrons. The number of nitrogens with one attached hydrogen (secondary N) is 1. The Bertz CT molecular complexity index is 430. The van der Waals surface area contributed by atoms with Crippen LogP contribution >= 0.6 is 11.3 Å². The van der Waals surface area contributed by atoms with Gasteiger partial charge in [-0.05, 0) is 35.7 Å². The Morgan fingerprint density at radius 1 is 1.56 bits per heavy atom. The molecule has 2 amide bonds. The van der Waals surface area contributed by atoms with E-state index < -0.39 is 0 Å². The van der Waals surface area contributed by atoms with Crippen LogP contribution in [0.1, 0.15) is 38.3 Å². The highest BCUT2D eigenvalue weighted by Crippen LogP contribution is 2.24. The molecule has 1 aromatic rings. The Balaban J connectivity index is 2.20. The number of nitrogens with zero attached hydrogens (tertiary/aromatic N) is 1. The lowest BCUT2D eigenvalue weighted by molar-refractivity contribution is -0.135. The van der Waals surface area contributed by atoms with E-state index in [0.717, 1.165) is 5.56 Å². The fourth-order valence-electron chi connectivity index (χ4n) is 2.21. The Hall–Kier alpha value is -1.36. The number of amides is 2. The maximum Gasteiger partial charge on any atom is 0.245 e. The molecule has 1 saturated heterocycles. The van der Waals surface area contributed by atoms with Crippen LogP contribution in [0.4, 0.5) is 0 Å². The molecule has 5 heteroatoms. The molecule has 18 heavy (non-hydrogen) atoms. The summed E-state index contributed by atoms with van der Waals surface area (Å²) >= 11 is 1.62. The van der Waals surface area contributed by atoms with Gasteiger partial charge in [-0.2, -0.15) is 11.3 Å². The second kappa shape index (κ2) is 5.52. The van der Waals surface area contributed by atoms with Crippen molar-refractivity contribution in [2.75, 3.05) is 6.54 Å². The quantitative estimate of drug-likeness (QED) is 0.909. The van der Waals surface area contributed by atoms with Gasteiger partial charge >= 0.3 is 0 Å². The van der Waals surface area contributed by atoms with Gasteiger partial charge in [0.2, 0.25) is 11.8 Å². The van der Waals surface area contributed by atoms with Gasteiger partial charge in [-0.15, -0.1) is 0 Å². The number of carbonyl (C=O) groups excluding carboxylic acids is 2. The Labute approximate surface area is 111 Å². The molecule has 1 fully saturated rings. The number of rotatable bonds is 3. The van der Waals surface area contributed by atoms with Gasteiger partial charge in [-0.25, -0.2) is 0 Å². The minimum absolute atomic E-state index is 0.0297. The van der Waals surface area contributed by atoms with E-state index in [-0.39, 0.29) is 23.9 Å². The lowest BCUT2D eigenvalue weighted by Crippen LogP contribution is -2.44. The van der Waals surface area contributed by atoms with Crippen LogP contribution in [0.3, 0.4) is 0 Å². The van der Waals surface area contributed by atoms with E-state index in [1.165, 1.54) is 0 Å². The normalized spacial score (nSPS) is 22.6. The molecule has 1 aliphatic rings. The second-order valence-electron chi connectivity index (χ2n) is 4.54. The van der Waals surface area contributed by atoms with Gasteiger partial charge in [-0.3, -0.25) is 9.59 Å². The lowest BCUT2D eigenvalue weighted by atomic mass is 10.1. The summed E-state index contributed by atoms with van der Waals surface area (Å²) in [6.45, 7) is 4.43. The molecule has 0 saturated carbocycles. The Kier molecular flexibility index (Phi) is 4.01. The highest BCUT2D eigenvalue weighted by molar-refractivity contribution is 7.07. The maximum absolute atomic E-state index is 12.4. The molecule has 2 rings (SSSR count). The van der Waals surface area contributed by atoms with Gasteiger partial charge in [0.05, 0.1) is 6.04 Å². The number of carbonyl (C=O) groups is 2. The summed E-state index contributed by atoms with van der Waals surface area (Å²) in [6, 6.07) is 1.69. The molecular formula is C13H18N2O2S. The lowest BCUT2D eigenvalue weighted by Gasteiger charge is -2.29. The first-order chi connectivity index (χ1) is 8.63. The first kappa shape index (κ1) is 13.1. The predicted molar refractivity (Wildman–Crippen MR) is 71.3 cm³/mol. The smallest absolute Gasteiger partial charge is 0.245 e. The molecular weight excluding hydrogens is 248 g/mol. The molecule has 1 aromatic heterocycles. The van der Waals surface area contributed by atoms with Crippen LogP contribution in [0, 0.1) is 0 Å². The number of hydrogen-bond donors (Lipinski definition) is 1. The van der Waals surface area contributed by atoms with Crippen LogP contribution in [0.5, 0.6) is 0 Å². The minimum atomic E-state index is -0.374. The van der Waals surface area contributed by atoms with Gasteiger partial charge in [0.1, 0.15) is 6.04 Å². The van der Waals surface area contributed by atoms with Crippen molar-refractivity contribution in [2.24, 2.45) is 0 Å². The largest absolute Gasteiger partial charge is 0.344 e. The van der Waals surface area contributed by atoms with E-state index in [2.05, 4.69) is 10.7 Å². The molecule has 2 heterocycles. The van der Waals surface area contributed by atoms with Crippen molar-refractivity contribution in [2.45, 2.75) is 38.8 Å². The van der Waals surface area contributed by atoms with Crippen LogP contribution in [-0.4, -0.2) is 29.3 Å². The summed E-state index contributed by atoms with van der Waals surface area (Å²) in [4.78, 5) is 25.8. The third kappa shape index (κ3) is 2.56. The van der Waals surface area contributed by atoms with Gasteiger partial charge < -0.3 is 10.2 Å². The third-order valence-corrected chi connectivity index (χ3v) is 4.10. The van der Waals surface area contributed by atoms with Gasteiger partial charge in [0.15, 0.2) is 0 Å². The fourth-order valence-corrected chi connectivity index (χ4v) is 2.96. The summed E-state index contributed by atoms with van der Waals surface area (Å²) in [7, 11) is 0. The molecule has 2 atom stereocenters. The van der Waals surface area contributed by atoms with Crippen molar-refractivity contribution in [1.29, 1.82) is 0 Å². The summed E-state index contributed by atoms with van der Waals surface area (Å²) < 4.78 is 0.